The highest BCUT2D eigenvalue weighted by molar-refractivity contribution is 5.32. The van der Waals surface area contributed by atoms with Crippen LogP contribution >= 0.6 is 0 Å². The zero-order chi connectivity index (χ0) is 15.3. The van der Waals surface area contributed by atoms with Crippen molar-refractivity contribution in [2.75, 3.05) is 6.61 Å². The maximum Gasteiger partial charge on any atom is 0.0817 e. The Morgan fingerprint density at radius 2 is 2.14 bits per heavy atom. The Bertz CT molecular complexity index is 449. The molecule has 3 heteroatoms. The lowest BCUT2D eigenvalue weighted by atomic mass is 9.76. The van der Waals surface area contributed by atoms with Crippen LogP contribution in [0, 0.1) is 0 Å². The van der Waals surface area contributed by atoms with Crippen molar-refractivity contribution in [3.63, 3.8) is 0 Å². The van der Waals surface area contributed by atoms with Crippen molar-refractivity contribution in [3.8, 4) is 0 Å². The Morgan fingerprint density at radius 3 is 2.81 bits per heavy atom. The molecule has 3 unspecified atom stereocenters. The van der Waals surface area contributed by atoms with Crippen LogP contribution in [0.3, 0.4) is 0 Å². The first-order valence-electron chi connectivity index (χ1n) is 8.32. The molecule has 0 bridgehead atoms. The third-order valence-corrected chi connectivity index (χ3v) is 5.13. The first-order chi connectivity index (χ1) is 10.1. The lowest BCUT2D eigenvalue weighted by molar-refractivity contribution is -0.0587. The first kappa shape index (κ1) is 16.5. The molecule has 3 nitrogen and oxygen atoms in total. The second-order valence-corrected chi connectivity index (χ2v) is 6.34. The van der Waals surface area contributed by atoms with E-state index in [-0.39, 0.29) is 11.6 Å². The summed E-state index contributed by atoms with van der Waals surface area (Å²) >= 11 is 0. The normalized spacial score (nSPS) is 22.4. The molecule has 0 aromatic heterocycles. The summed E-state index contributed by atoms with van der Waals surface area (Å²) in [4.78, 5) is 0. The summed E-state index contributed by atoms with van der Waals surface area (Å²) < 4.78 is 6.02. The van der Waals surface area contributed by atoms with Gasteiger partial charge in [-0.25, -0.2) is 0 Å². The van der Waals surface area contributed by atoms with Crippen LogP contribution in [-0.4, -0.2) is 18.2 Å². The summed E-state index contributed by atoms with van der Waals surface area (Å²) in [6.45, 7) is 7.13. The summed E-state index contributed by atoms with van der Waals surface area (Å²) in [5.74, 6) is 6.46. The fraction of sp³-hybridized carbons (Fsp3) is 0.667. The van der Waals surface area contributed by atoms with Gasteiger partial charge in [0.25, 0.3) is 0 Å². The second kappa shape index (κ2) is 7.39. The van der Waals surface area contributed by atoms with Crippen molar-refractivity contribution in [2.24, 2.45) is 5.84 Å². The van der Waals surface area contributed by atoms with Crippen LogP contribution in [0.1, 0.15) is 63.5 Å². The molecular weight excluding hydrogens is 260 g/mol. The molecule has 0 saturated heterocycles. The maximum atomic E-state index is 6.02. The fourth-order valence-corrected chi connectivity index (χ4v) is 3.66. The molecule has 2 rings (SSSR count). The van der Waals surface area contributed by atoms with Gasteiger partial charge in [-0.1, -0.05) is 31.2 Å². The number of hydrogen-bond donors (Lipinski definition) is 2. The largest absolute Gasteiger partial charge is 0.374 e. The van der Waals surface area contributed by atoms with Gasteiger partial charge in [-0.05, 0) is 63.0 Å². The summed E-state index contributed by atoms with van der Waals surface area (Å²) in [7, 11) is 0. The number of rotatable bonds is 7. The highest BCUT2D eigenvalue weighted by Gasteiger charge is 2.35. The van der Waals surface area contributed by atoms with Gasteiger partial charge in [0.15, 0.2) is 0 Å². The quantitative estimate of drug-likeness (QED) is 0.596. The lowest BCUT2D eigenvalue weighted by Gasteiger charge is -2.39. The van der Waals surface area contributed by atoms with Crippen molar-refractivity contribution in [1.29, 1.82) is 0 Å². The zero-order valence-electron chi connectivity index (χ0n) is 13.7. The van der Waals surface area contributed by atoms with E-state index in [0.717, 1.165) is 19.4 Å². The van der Waals surface area contributed by atoms with Crippen LogP contribution in [0.2, 0.25) is 0 Å². The van der Waals surface area contributed by atoms with Crippen LogP contribution in [0.5, 0.6) is 0 Å². The molecule has 0 aliphatic heterocycles. The number of nitrogens with two attached hydrogens (primary N) is 1. The first-order valence-corrected chi connectivity index (χ1v) is 8.32. The minimum absolute atomic E-state index is 0.179. The molecule has 118 valence electrons. The molecule has 1 aliphatic carbocycles. The molecule has 0 heterocycles. The van der Waals surface area contributed by atoms with Crippen LogP contribution in [-0.2, 0) is 11.2 Å². The van der Waals surface area contributed by atoms with Crippen LogP contribution in [0.15, 0.2) is 24.3 Å². The van der Waals surface area contributed by atoms with Crippen molar-refractivity contribution in [2.45, 2.75) is 70.4 Å². The molecule has 3 N–H and O–H groups in total. The van der Waals surface area contributed by atoms with Gasteiger partial charge in [0, 0.05) is 6.61 Å². The Hall–Kier alpha value is -0.900. The smallest absolute Gasteiger partial charge is 0.0817 e. The van der Waals surface area contributed by atoms with Gasteiger partial charge in [-0.2, -0.15) is 0 Å². The number of fused-ring (bicyclic) bond motifs is 1. The van der Waals surface area contributed by atoms with E-state index in [9.17, 15) is 0 Å². The third kappa shape index (κ3) is 3.65. The second-order valence-electron chi connectivity index (χ2n) is 6.34. The van der Waals surface area contributed by atoms with Crippen molar-refractivity contribution < 1.29 is 4.74 Å². The van der Waals surface area contributed by atoms with Gasteiger partial charge < -0.3 is 4.74 Å². The minimum Gasteiger partial charge on any atom is -0.374 e. The Labute approximate surface area is 129 Å². The predicted octanol–water partition coefficient (Wildman–Crippen LogP) is 3.53. The highest BCUT2D eigenvalue weighted by Crippen LogP contribution is 2.37. The van der Waals surface area contributed by atoms with Gasteiger partial charge in [-0.3, -0.25) is 11.3 Å². The number of aryl methyl sites for hydroxylation is 1. The number of hydrazine groups is 1. The minimum atomic E-state index is -0.199. The summed E-state index contributed by atoms with van der Waals surface area (Å²) in [5.41, 5.74) is 5.86. The van der Waals surface area contributed by atoms with E-state index in [1.54, 1.807) is 0 Å². The van der Waals surface area contributed by atoms with Gasteiger partial charge in [0.1, 0.15) is 0 Å². The molecule has 0 spiro atoms. The molecule has 0 saturated carbocycles. The van der Waals surface area contributed by atoms with Gasteiger partial charge in [0.2, 0.25) is 0 Å². The Kier molecular flexibility index (Phi) is 5.80. The van der Waals surface area contributed by atoms with Crippen LogP contribution in [0.4, 0.5) is 0 Å². The van der Waals surface area contributed by atoms with Gasteiger partial charge in [0.05, 0.1) is 11.6 Å². The van der Waals surface area contributed by atoms with Crippen LogP contribution < -0.4 is 11.3 Å². The van der Waals surface area contributed by atoms with E-state index >= 15 is 0 Å². The predicted molar refractivity (Wildman–Crippen MR) is 88.2 cm³/mol. The number of hydrogen-bond acceptors (Lipinski definition) is 3. The van der Waals surface area contributed by atoms with Crippen molar-refractivity contribution >= 4 is 0 Å². The van der Waals surface area contributed by atoms with Gasteiger partial charge in [-0.15, -0.1) is 0 Å². The van der Waals surface area contributed by atoms with Crippen molar-refractivity contribution in [1.82, 2.24) is 5.43 Å². The molecule has 0 amide bonds. The van der Waals surface area contributed by atoms with Gasteiger partial charge >= 0.3 is 0 Å². The average molecular weight is 290 g/mol. The van der Waals surface area contributed by atoms with Crippen LogP contribution in [0.25, 0.3) is 0 Å². The lowest BCUT2D eigenvalue weighted by Crippen LogP contribution is -2.53. The number of benzene rings is 1. The number of nitrogens with one attached hydrogen (secondary N) is 1. The summed E-state index contributed by atoms with van der Waals surface area (Å²) in [6, 6.07) is 9.04. The monoisotopic (exact) mass is 290 g/mol. The zero-order valence-corrected chi connectivity index (χ0v) is 13.7. The molecule has 1 aromatic carbocycles. The Morgan fingerprint density at radius 1 is 1.38 bits per heavy atom. The average Bonchev–Trinajstić information content (AvgIpc) is 2.52. The van der Waals surface area contributed by atoms with Crippen molar-refractivity contribution in [3.05, 3.63) is 35.4 Å². The maximum absolute atomic E-state index is 6.02. The summed E-state index contributed by atoms with van der Waals surface area (Å²) in [5, 5.41) is 0. The summed E-state index contributed by atoms with van der Waals surface area (Å²) in [6.07, 6.45) is 5.74. The highest BCUT2D eigenvalue weighted by atomic mass is 16.5. The molecule has 3 atom stereocenters. The SMILES string of the molecule is CCOC(C)(CC)C(CC1CCCc2ccccc21)NN. The molecule has 21 heavy (non-hydrogen) atoms. The number of ether oxygens (including phenoxy) is 1. The van der Waals surface area contributed by atoms with E-state index < -0.39 is 0 Å². The molecule has 0 fully saturated rings. The molecule has 1 aliphatic rings. The van der Waals surface area contributed by atoms with E-state index in [1.807, 2.05) is 0 Å². The fourth-order valence-electron chi connectivity index (χ4n) is 3.66. The molecule has 1 aromatic rings. The van der Waals surface area contributed by atoms with E-state index in [0.29, 0.717) is 5.92 Å². The topological polar surface area (TPSA) is 47.3 Å². The molecular formula is C18H30N2O. The van der Waals surface area contributed by atoms with E-state index in [4.69, 9.17) is 10.6 Å². The van der Waals surface area contributed by atoms with E-state index in [2.05, 4.69) is 50.5 Å². The Balaban J connectivity index is 2.16. The van der Waals surface area contributed by atoms with E-state index in [1.165, 1.54) is 30.4 Å². The molecule has 0 radical (unpaired) electrons. The third-order valence-electron chi connectivity index (χ3n) is 5.13. The standard InChI is InChI=1S/C18H30N2O/c1-4-18(3,21-5-2)17(20-19)13-15-11-8-10-14-9-6-7-12-16(14)15/h6-7,9,12,15,17,20H,4-5,8,10-11,13,19H2,1-3H3.